The van der Waals surface area contributed by atoms with E-state index in [0.29, 0.717) is 25.3 Å². The van der Waals surface area contributed by atoms with Gasteiger partial charge >= 0.3 is 6.09 Å². The van der Waals surface area contributed by atoms with Crippen LogP contribution in [0.3, 0.4) is 0 Å². The summed E-state index contributed by atoms with van der Waals surface area (Å²) in [5.74, 6) is 0.703. The number of piperidine rings is 1. The van der Waals surface area contributed by atoms with Crippen LogP contribution in [0.15, 0.2) is 12.3 Å². The van der Waals surface area contributed by atoms with Crippen LogP contribution in [-0.2, 0) is 16.6 Å². The number of aryl methyl sites for hydroxylation is 1. The first kappa shape index (κ1) is 16.8. The molecule has 2 aliphatic heterocycles. The van der Waals surface area contributed by atoms with Gasteiger partial charge in [-0.05, 0) is 25.9 Å². The first-order chi connectivity index (χ1) is 11.6. The summed E-state index contributed by atoms with van der Waals surface area (Å²) >= 11 is 0. The molecule has 2 amide bonds. The third-order valence-corrected chi connectivity index (χ3v) is 4.58. The molecule has 1 aromatic heterocycles. The Labute approximate surface area is 141 Å². The number of cyclic esters (lactones) is 1. The maximum atomic E-state index is 12.0. The van der Waals surface area contributed by atoms with Gasteiger partial charge in [0.25, 0.3) is 0 Å². The number of nitrogens with one attached hydrogen (secondary N) is 1. The number of hydrogen-bond donors (Lipinski definition) is 1. The maximum absolute atomic E-state index is 12.0. The number of likely N-dealkylation sites (tertiary alicyclic amines) is 1. The van der Waals surface area contributed by atoms with Crippen molar-refractivity contribution in [1.82, 2.24) is 20.0 Å². The van der Waals surface area contributed by atoms with Gasteiger partial charge < -0.3 is 15.0 Å². The predicted octanol–water partition coefficient (Wildman–Crippen LogP) is 0.737. The molecule has 2 aliphatic rings. The Balaban J connectivity index is 1.40. The van der Waals surface area contributed by atoms with Gasteiger partial charge in [0.15, 0.2) is 0 Å². The Hall–Kier alpha value is -2.09. The fraction of sp³-hybridized carbons (Fsp3) is 0.688. The van der Waals surface area contributed by atoms with Gasteiger partial charge in [0.1, 0.15) is 11.9 Å². The summed E-state index contributed by atoms with van der Waals surface area (Å²) in [7, 11) is 1.78. The van der Waals surface area contributed by atoms with Crippen LogP contribution in [0.5, 0.6) is 0 Å². The normalized spacial score (nSPS) is 21.8. The molecular weight excluding hydrogens is 310 g/mol. The standard InChI is InChI=1S/C16H25N5O3/c1-19-15(5-7-18-19)21-12-13(24-16(21)23)11-17-14(22)6-10-20-8-3-2-4-9-20/h5,7,13H,2-4,6,8-12H2,1H3,(H,17,22). The van der Waals surface area contributed by atoms with Crippen LogP contribution in [0, 0.1) is 0 Å². The Morgan fingerprint density at radius 3 is 2.88 bits per heavy atom. The van der Waals surface area contributed by atoms with E-state index in [2.05, 4.69) is 15.3 Å². The monoisotopic (exact) mass is 335 g/mol. The minimum atomic E-state index is -0.397. The SMILES string of the molecule is Cn1nccc1N1CC(CNC(=O)CCN2CCCCC2)OC1=O. The molecule has 1 aromatic rings. The second-order valence-electron chi connectivity index (χ2n) is 6.39. The highest BCUT2D eigenvalue weighted by Gasteiger charge is 2.33. The largest absolute Gasteiger partial charge is 0.442 e. The molecule has 0 bridgehead atoms. The Morgan fingerprint density at radius 2 is 2.17 bits per heavy atom. The fourth-order valence-electron chi connectivity index (χ4n) is 3.21. The quantitative estimate of drug-likeness (QED) is 0.829. The van der Waals surface area contributed by atoms with Crippen molar-refractivity contribution in [3.63, 3.8) is 0 Å². The average Bonchev–Trinajstić information content (AvgIpc) is 3.17. The van der Waals surface area contributed by atoms with Crippen molar-refractivity contribution < 1.29 is 14.3 Å². The number of amides is 2. The van der Waals surface area contributed by atoms with Crippen LogP contribution in [0.25, 0.3) is 0 Å². The van der Waals surface area contributed by atoms with Crippen molar-refractivity contribution in [3.05, 3.63) is 12.3 Å². The van der Waals surface area contributed by atoms with Crippen LogP contribution >= 0.6 is 0 Å². The third-order valence-electron chi connectivity index (χ3n) is 4.58. The molecule has 1 N–H and O–H groups in total. The van der Waals surface area contributed by atoms with E-state index in [0.717, 1.165) is 19.6 Å². The molecule has 0 aromatic carbocycles. The van der Waals surface area contributed by atoms with E-state index < -0.39 is 6.09 Å². The molecule has 2 saturated heterocycles. The molecule has 132 valence electrons. The molecule has 0 radical (unpaired) electrons. The molecule has 24 heavy (non-hydrogen) atoms. The highest BCUT2D eigenvalue weighted by molar-refractivity contribution is 5.88. The molecule has 0 aliphatic carbocycles. The molecule has 0 spiro atoms. The second-order valence-corrected chi connectivity index (χ2v) is 6.39. The van der Waals surface area contributed by atoms with Crippen molar-refractivity contribution in [2.24, 2.45) is 7.05 Å². The third kappa shape index (κ3) is 4.05. The Kier molecular flexibility index (Phi) is 5.34. The zero-order valence-electron chi connectivity index (χ0n) is 14.1. The van der Waals surface area contributed by atoms with Crippen molar-refractivity contribution in [3.8, 4) is 0 Å². The van der Waals surface area contributed by atoms with Crippen LogP contribution in [0.4, 0.5) is 10.6 Å². The summed E-state index contributed by atoms with van der Waals surface area (Å²) < 4.78 is 6.94. The summed E-state index contributed by atoms with van der Waals surface area (Å²) in [5.41, 5.74) is 0. The van der Waals surface area contributed by atoms with Gasteiger partial charge in [-0.2, -0.15) is 5.10 Å². The van der Waals surface area contributed by atoms with Crippen LogP contribution in [0.1, 0.15) is 25.7 Å². The van der Waals surface area contributed by atoms with Gasteiger partial charge in [0.2, 0.25) is 5.91 Å². The fourth-order valence-corrected chi connectivity index (χ4v) is 3.21. The smallest absolute Gasteiger partial charge is 0.416 e. The zero-order chi connectivity index (χ0) is 16.9. The lowest BCUT2D eigenvalue weighted by atomic mass is 10.1. The van der Waals surface area contributed by atoms with Crippen LogP contribution in [0.2, 0.25) is 0 Å². The average molecular weight is 335 g/mol. The number of nitrogens with zero attached hydrogens (tertiary/aromatic N) is 4. The number of rotatable bonds is 6. The van der Waals surface area contributed by atoms with E-state index in [9.17, 15) is 9.59 Å². The van der Waals surface area contributed by atoms with E-state index in [1.165, 1.54) is 24.2 Å². The summed E-state index contributed by atoms with van der Waals surface area (Å²) in [6, 6.07) is 1.76. The van der Waals surface area contributed by atoms with E-state index in [-0.39, 0.29) is 12.0 Å². The molecule has 3 rings (SSSR count). The molecule has 1 unspecified atom stereocenters. The zero-order valence-corrected chi connectivity index (χ0v) is 14.1. The minimum Gasteiger partial charge on any atom is -0.442 e. The van der Waals surface area contributed by atoms with Crippen LogP contribution < -0.4 is 10.2 Å². The van der Waals surface area contributed by atoms with Gasteiger partial charge in [-0.1, -0.05) is 6.42 Å². The highest BCUT2D eigenvalue weighted by atomic mass is 16.6. The number of carbonyl (C=O) groups is 2. The maximum Gasteiger partial charge on any atom is 0.416 e. The van der Waals surface area contributed by atoms with Gasteiger partial charge in [-0.3, -0.25) is 14.4 Å². The van der Waals surface area contributed by atoms with Crippen molar-refractivity contribution in [2.75, 3.05) is 37.6 Å². The number of ether oxygens (including phenoxy) is 1. The number of anilines is 1. The lowest BCUT2D eigenvalue weighted by Gasteiger charge is -2.26. The topological polar surface area (TPSA) is 79.7 Å². The summed E-state index contributed by atoms with van der Waals surface area (Å²) in [6.07, 6.45) is 5.15. The van der Waals surface area contributed by atoms with Crippen LogP contribution in [-0.4, -0.2) is 65.5 Å². The second kappa shape index (κ2) is 7.65. The van der Waals surface area contributed by atoms with Gasteiger partial charge in [0, 0.05) is 26.1 Å². The van der Waals surface area contributed by atoms with E-state index in [1.54, 1.807) is 24.0 Å². The highest BCUT2D eigenvalue weighted by Crippen LogP contribution is 2.20. The number of carbonyl (C=O) groups excluding carboxylic acids is 2. The van der Waals surface area contributed by atoms with Gasteiger partial charge in [-0.25, -0.2) is 4.79 Å². The van der Waals surface area contributed by atoms with E-state index in [4.69, 9.17) is 4.74 Å². The van der Waals surface area contributed by atoms with E-state index in [1.807, 2.05) is 0 Å². The molecular formula is C16H25N5O3. The van der Waals surface area contributed by atoms with Crippen molar-refractivity contribution in [1.29, 1.82) is 0 Å². The summed E-state index contributed by atoms with van der Waals surface area (Å²) in [5, 5.41) is 6.93. The van der Waals surface area contributed by atoms with Gasteiger partial charge in [-0.15, -0.1) is 0 Å². The lowest BCUT2D eigenvalue weighted by molar-refractivity contribution is -0.121. The Bertz CT molecular complexity index is 582. The minimum absolute atomic E-state index is 0.00982. The number of hydrogen-bond acceptors (Lipinski definition) is 5. The molecule has 8 nitrogen and oxygen atoms in total. The van der Waals surface area contributed by atoms with Crippen molar-refractivity contribution >= 4 is 17.8 Å². The lowest BCUT2D eigenvalue weighted by Crippen LogP contribution is -2.37. The summed E-state index contributed by atoms with van der Waals surface area (Å²) in [6.45, 7) is 3.75. The predicted molar refractivity (Wildman–Crippen MR) is 88.7 cm³/mol. The molecule has 2 fully saturated rings. The summed E-state index contributed by atoms with van der Waals surface area (Å²) in [4.78, 5) is 27.8. The van der Waals surface area contributed by atoms with Crippen molar-refractivity contribution in [2.45, 2.75) is 31.8 Å². The van der Waals surface area contributed by atoms with E-state index >= 15 is 0 Å². The van der Waals surface area contributed by atoms with Gasteiger partial charge in [0.05, 0.1) is 19.3 Å². The molecule has 8 heteroatoms. The molecule has 3 heterocycles. The molecule has 1 atom stereocenters. The first-order valence-corrected chi connectivity index (χ1v) is 8.58. The Morgan fingerprint density at radius 1 is 1.38 bits per heavy atom. The number of aromatic nitrogens is 2. The molecule has 0 saturated carbocycles. The first-order valence-electron chi connectivity index (χ1n) is 8.58.